The van der Waals surface area contributed by atoms with Crippen LogP contribution in [0, 0.1) is 16.7 Å². The Morgan fingerprint density at radius 2 is 1.37 bits per heavy atom. The van der Waals surface area contributed by atoms with E-state index in [0.717, 1.165) is 25.6 Å². The van der Waals surface area contributed by atoms with Crippen molar-refractivity contribution >= 4 is 42.1 Å². The third kappa shape index (κ3) is 4.01. The Bertz CT molecular complexity index is 1300. The van der Waals surface area contributed by atoms with Gasteiger partial charge in [0.2, 0.25) is 0 Å². The van der Waals surface area contributed by atoms with Gasteiger partial charge >= 0.3 is 0 Å². The van der Waals surface area contributed by atoms with Gasteiger partial charge in [-0.15, -0.1) is 0 Å². The average molecular weight is 574 g/mol. The Morgan fingerprint density at radius 3 is 1.83 bits per heavy atom. The third-order valence-corrected chi connectivity index (χ3v) is 13.9. The van der Waals surface area contributed by atoms with E-state index < -0.39 is 25.8 Å². The minimum absolute atomic E-state index is 0.0644. The van der Waals surface area contributed by atoms with Crippen molar-refractivity contribution in [1.82, 2.24) is 0 Å². The summed E-state index contributed by atoms with van der Waals surface area (Å²) in [4.78, 5) is 15.5. The molecule has 3 aromatic rings. The standard InChI is InChI=1S/C28H29BrO4S2/c1-27(2)21-17-18-28(27,26(30)19-21)20-34(31,32)33-35(23-9-5-3-6-10-23,24-11-7-4-8-12-24)25-15-13-22(29)14-16-25/h3-16,21H,17-20H2,1-2H3. The Kier molecular flexibility index (Phi) is 6.27. The molecule has 5 rings (SSSR count). The van der Waals surface area contributed by atoms with Crippen LogP contribution in [0.4, 0.5) is 0 Å². The molecule has 0 radical (unpaired) electrons. The van der Waals surface area contributed by atoms with Gasteiger partial charge in [0.1, 0.15) is 5.78 Å². The predicted molar refractivity (Wildman–Crippen MR) is 143 cm³/mol. The van der Waals surface area contributed by atoms with Crippen LogP contribution < -0.4 is 0 Å². The second-order valence-electron chi connectivity index (χ2n) is 10.1. The highest BCUT2D eigenvalue weighted by Crippen LogP contribution is 2.71. The van der Waals surface area contributed by atoms with Crippen LogP contribution in [0.1, 0.15) is 33.1 Å². The van der Waals surface area contributed by atoms with Crippen LogP contribution in [-0.4, -0.2) is 20.0 Å². The zero-order valence-corrected chi connectivity index (χ0v) is 23.0. The molecule has 2 aliphatic carbocycles. The first-order valence-corrected chi connectivity index (χ1v) is 15.7. The van der Waals surface area contributed by atoms with Crippen molar-refractivity contribution in [3.8, 4) is 0 Å². The van der Waals surface area contributed by atoms with E-state index in [1.165, 1.54) is 0 Å². The van der Waals surface area contributed by atoms with Crippen LogP contribution in [0.15, 0.2) is 104 Å². The summed E-state index contributed by atoms with van der Waals surface area (Å²) in [6, 6.07) is 26.8. The van der Waals surface area contributed by atoms with Crippen LogP contribution in [-0.2, 0) is 18.5 Å². The molecule has 2 unspecified atom stereocenters. The van der Waals surface area contributed by atoms with Crippen LogP contribution in [0.5, 0.6) is 0 Å². The van der Waals surface area contributed by atoms with E-state index in [9.17, 15) is 13.2 Å². The molecular weight excluding hydrogens is 544 g/mol. The predicted octanol–water partition coefficient (Wildman–Crippen LogP) is 7.39. The molecule has 4 nitrogen and oxygen atoms in total. The van der Waals surface area contributed by atoms with Gasteiger partial charge in [-0.2, -0.15) is 8.42 Å². The number of rotatable bonds is 7. The monoisotopic (exact) mass is 572 g/mol. The smallest absolute Gasteiger partial charge is 0.278 e. The number of benzene rings is 3. The second kappa shape index (κ2) is 8.87. The van der Waals surface area contributed by atoms with Crippen molar-refractivity contribution in [2.75, 3.05) is 5.75 Å². The molecule has 2 bridgehead atoms. The summed E-state index contributed by atoms with van der Waals surface area (Å²) in [5.74, 6) is 0.0133. The van der Waals surface area contributed by atoms with E-state index in [1.54, 1.807) is 0 Å². The largest absolute Gasteiger partial charge is 0.299 e. The highest BCUT2D eigenvalue weighted by Gasteiger charge is 2.65. The maximum atomic E-state index is 14.0. The molecular formula is C28H29BrO4S2. The maximum absolute atomic E-state index is 14.0. The van der Waals surface area contributed by atoms with Crippen molar-refractivity contribution in [1.29, 1.82) is 0 Å². The number of carbonyl (C=O) groups is 1. The zero-order chi connectivity index (χ0) is 24.9. The van der Waals surface area contributed by atoms with Gasteiger partial charge in [-0.3, -0.25) is 4.79 Å². The SMILES string of the molecule is CC1(C)C2CCC1(CS(=O)(=O)OS(c1ccccc1)(c1ccccc1)c1ccc(Br)cc1)C(=O)C2. The summed E-state index contributed by atoms with van der Waals surface area (Å²) >= 11 is 3.50. The van der Waals surface area contributed by atoms with Gasteiger partial charge < -0.3 is 0 Å². The molecule has 2 aliphatic rings. The Hall–Kier alpha value is -1.93. The number of carbonyl (C=O) groups excluding carboxylic acids is 1. The lowest BCUT2D eigenvalue weighted by atomic mass is 9.70. The van der Waals surface area contributed by atoms with Gasteiger partial charge in [0.05, 0.1) is 11.2 Å². The van der Waals surface area contributed by atoms with Crippen LogP contribution in [0.25, 0.3) is 0 Å². The Balaban J connectivity index is 1.68. The van der Waals surface area contributed by atoms with Crippen molar-refractivity contribution in [2.45, 2.75) is 47.8 Å². The average Bonchev–Trinajstić information content (AvgIpc) is 3.18. The molecule has 2 atom stereocenters. The number of hydrogen-bond acceptors (Lipinski definition) is 4. The highest BCUT2D eigenvalue weighted by atomic mass is 79.9. The molecule has 2 saturated carbocycles. The van der Waals surface area contributed by atoms with E-state index in [0.29, 0.717) is 12.8 Å². The molecule has 0 aliphatic heterocycles. The fourth-order valence-corrected chi connectivity index (χ4v) is 12.3. The molecule has 0 amide bonds. The second-order valence-corrected chi connectivity index (χ2v) is 15.5. The maximum Gasteiger partial charge on any atom is 0.278 e. The van der Waals surface area contributed by atoms with Crippen molar-refractivity contribution < 1.29 is 16.8 Å². The molecule has 35 heavy (non-hydrogen) atoms. The topological polar surface area (TPSA) is 60.4 Å². The molecule has 7 heteroatoms. The first kappa shape index (κ1) is 24.8. The van der Waals surface area contributed by atoms with Gasteiger partial charge in [0, 0.05) is 25.6 Å². The fourth-order valence-electron chi connectivity index (χ4n) is 5.97. The van der Waals surface area contributed by atoms with E-state index in [-0.39, 0.29) is 22.9 Å². The normalized spacial score (nSPS) is 24.0. The lowest BCUT2D eigenvalue weighted by Gasteiger charge is -2.41. The van der Waals surface area contributed by atoms with Gasteiger partial charge in [0.25, 0.3) is 10.1 Å². The van der Waals surface area contributed by atoms with Gasteiger partial charge in [0.15, 0.2) is 0 Å². The van der Waals surface area contributed by atoms with Gasteiger partial charge in [-0.1, -0.05) is 66.2 Å². The molecule has 2 fully saturated rings. The summed E-state index contributed by atoms with van der Waals surface area (Å²) in [6.07, 6.45) is 1.95. The molecule has 3 aromatic carbocycles. The number of hydrogen-bond donors (Lipinski definition) is 0. The Morgan fingerprint density at radius 1 is 0.857 bits per heavy atom. The zero-order valence-electron chi connectivity index (χ0n) is 19.8. The first-order chi connectivity index (χ1) is 16.6. The first-order valence-electron chi connectivity index (χ1n) is 11.8. The number of Topliss-reactive ketones (excluding diaryl/α,β-unsaturated/α-hetero) is 1. The minimum atomic E-state index is -4.12. The molecule has 0 spiro atoms. The van der Waals surface area contributed by atoms with E-state index in [1.807, 2.05) is 98.8 Å². The van der Waals surface area contributed by atoms with Crippen molar-refractivity contribution in [2.24, 2.45) is 16.7 Å². The summed E-state index contributed by atoms with van der Waals surface area (Å²) in [6.45, 7) is 4.10. The lowest BCUT2D eigenvalue weighted by Crippen LogP contribution is -2.42. The number of halogens is 1. The minimum Gasteiger partial charge on any atom is -0.299 e. The van der Waals surface area contributed by atoms with E-state index in [4.69, 9.17) is 3.63 Å². The van der Waals surface area contributed by atoms with Crippen LogP contribution in [0.2, 0.25) is 0 Å². The van der Waals surface area contributed by atoms with Gasteiger partial charge in [-0.25, -0.2) is 3.63 Å². The van der Waals surface area contributed by atoms with E-state index >= 15 is 0 Å². The summed E-state index contributed by atoms with van der Waals surface area (Å²) < 4.78 is 35.4. The lowest BCUT2D eigenvalue weighted by molar-refractivity contribution is -0.128. The summed E-state index contributed by atoms with van der Waals surface area (Å²) in [7, 11) is -6.77. The molecule has 0 N–H and O–H groups in total. The molecule has 184 valence electrons. The van der Waals surface area contributed by atoms with Crippen LogP contribution in [0.3, 0.4) is 0 Å². The third-order valence-electron chi connectivity index (χ3n) is 8.06. The number of fused-ring (bicyclic) bond motifs is 2. The summed E-state index contributed by atoms with van der Waals surface area (Å²) in [5.41, 5.74) is -1.26. The molecule has 0 saturated heterocycles. The van der Waals surface area contributed by atoms with Crippen molar-refractivity contribution in [3.05, 3.63) is 89.4 Å². The van der Waals surface area contributed by atoms with Crippen molar-refractivity contribution in [3.63, 3.8) is 0 Å². The van der Waals surface area contributed by atoms with Gasteiger partial charge in [-0.05, 0) is 83.0 Å². The highest BCUT2D eigenvalue weighted by molar-refractivity contribution is 9.10. The molecule has 0 heterocycles. The summed E-state index contributed by atoms with van der Waals surface area (Å²) in [5, 5.41) is 0. The molecule has 0 aromatic heterocycles. The fraction of sp³-hybridized carbons (Fsp3) is 0.321. The van der Waals surface area contributed by atoms with E-state index in [2.05, 4.69) is 15.9 Å². The number of ketones is 1. The quantitative estimate of drug-likeness (QED) is 0.296. The van der Waals surface area contributed by atoms with Crippen LogP contribution >= 0.6 is 26.2 Å². The Labute approximate surface area is 217 Å².